The van der Waals surface area contributed by atoms with Gasteiger partial charge in [0.2, 0.25) is 11.8 Å². The fraction of sp³-hybridized carbons (Fsp3) is 0.250. The highest BCUT2D eigenvalue weighted by molar-refractivity contribution is 8.15. The molecule has 198 valence electrons. The summed E-state index contributed by atoms with van der Waals surface area (Å²) in [5.74, 6) is 0.770. The zero-order chi connectivity index (χ0) is 27.2. The van der Waals surface area contributed by atoms with Crippen LogP contribution in [0.3, 0.4) is 0 Å². The molecule has 3 aromatic rings. The Hall–Kier alpha value is -3.20. The molecule has 7 nitrogen and oxygen atoms in total. The van der Waals surface area contributed by atoms with Gasteiger partial charge in [0.1, 0.15) is 5.25 Å². The number of hydrogen-bond donors (Lipinski definition) is 1. The number of ether oxygens (including phenoxy) is 2. The van der Waals surface area contributed by atoms with E-state index in [0.29, 0.717) is 51.1 Å². The Balaban J connectivity index is 1.56. The van der Waals surface area contributed by atoms with E-state index in [9.17, 15) is 9.59 Å². The molecule has 4 rings (SSSR count). The van der Waals surface area contributed by atoms with Crippen LogP contribution in [0, 0.1) is 6.92 Å². The molecule has 1 atom stereocenters. The van der Waals surface area contributed by atoms with E-state index < -0.39 is 5.25 Å². The Bertz CT molecular complexity index is 1380. The molecule has 1 heterocycles. The summed E-state index contributed by atoms with van der Waals surface area (Å²) >= 11 is 13.6. The van der Waals surface area contributed by atoms with Crippen molar-refractivity contribution in [3.63, 3.8) is 0 Å². The molecule has 2 amide bonds. The van der Waals surface area contributed by atoms with Gasteiger partial charge in [-0.15, -0.1) is 0 Å². The second kappa shape index (κ2) is 12.6. The first-order valence-corrected chi connectivity index (χ1v) is 13.5. The van der Waals surface area contributed by atoms with E-state index in [1.807, 2.05) is 31.2 Å². The minimum absolute atomic E-state index is 0.0383. The van der Waals surface area contributed by atoms with Gasteiger partial charge in [0.25, 0.3) is 0 Å². The molecule has 1 aliphatic heterocycles. The third kappa shape index (κ3) is 6.81. The summed E-state index contributed by atoms with van der Waals surface area (Å²) in [6, 6.07) is 18.0. The molecule has 1 aliphatic rings. The molecule has 0 saturated carbocycles. The third-order valence-corrected chi connectivity index (χ3v) is 7.81. The van der Waals surface area contributed by atoms with Gasteiger partial charge in [0.15, 0.2) is 16.7 Å². The van der Waals surface area contributed by atoms with Crippen LogP contribution < -0.4 is 14.8 Å². The molecule has 0 aromatic heterocycles. The van der Waals surface area contributed by atoms with Crippen LogP contribution in [0.15, 0.2) is 65.7 Å². The van der Waals surface area contributed by atoms with Crippen LogP contribution in [0.1, 0.15) is 17.5 Å². The smallest absolute Gasteiger partial charge is 0.238 e. The van der Waals surface area contributed by atoms with Gasteiger partial charge in [-0.05, 0) is 66.9 Å². The van der Waals surface area contributed by atoms with Crippen molar-refractivity contribution in [1.29, 1.82) is 0 Å². The first-order valence-electron chi connectivity index (χ1n) is 11.9. The summed E-state index contributed by atoms with van der Waals surface area (Å²) < 4.78 is 10.7. The first-order chi connectivity index (χ1) is 18.3. The molecule has 0 bridgehead atoms. The molecule has 3 aromatic carbocycles. The number of carbonyl (C=O) groups excluding carboxylic acids is 2. The van der Waals surface area contributed by atoms with Crippen LogP contribution >= 0.6 is 35.0 Å². The fourth-order valence-corrected chi connectivity index (χ4v) is 5.38. The number of aryl methyl sites for hydroxylation is 1. The average Bonchev–Trinajstić information content (AvgIpc) is 2.90. The zero-order valence-electron chi connectivity index (χ0n) is 21.2. The van der Waals surface area contributed by atoms with Crippen LogP contribution in [0.2, 0.25) is 10.0 Å². The van der Waals surface area contributed by atoms with Gasteiger partial charge in [-0.3, -0.25) is 14.5 Å². The molecule has 0 spiro atoms. The first kappa shape index (κ1) is 27.8. The molecule has 0 aliphatic carbocycles. The minimum Gasteiger partial charge on any atom is -0.493 e. The predicted octanol–water partition coefficient (Wildman–Crippen LogP) is 6.52. The number of nitrogens with zero attached hydrogens (tertiary/aromatic N) is 2. The van der Waals surface area contributed by atoms with Crippen molar-refractivity contribution in [3.8, 4) is 11.5 Å². The van der Waals surface area contributed by atoms with Crippen LogP contribution in [0.25, 0.3) is 0 Å². The van der Waals surface area contributed by atoms with Gasteiger partial charge < -0.3 is 14.8 Å². The topological polar surface area (TPSA) is 80.2 Å². The third-order valence-electron chi connectivity index (χ3n) is 5.98. The highest BCUT2D eigenvalue weighted by atomic mass is 35.5. The molecule has 10 heteroatoms. The van der Waals surface area contributed by atoms with Crippen LogP contribution in [-0.4, -0.2) is 47.9 Å². The number of halogens is 2. The summed E-state index contributed by atoms with van der Waals surface area (Å²) in [4.78, 5) is 32.8. The normalized spacial score (nSPS) is 16.4. The zero-order valence-corrected chi connectivity index (χ0v) is 23.5. The van der Waals surface area contributed by atoms with Crippen LogP contribution in [-0.2, 0) is 16.0 Å². The van der Waals surface area contributed by atoms with Gasteiger partial charge in [-0.1, -0.05) is 53.2 Å². The van der Waals surface area contributed by atoms with Gasteiger partial charge in [-0.25, -0.2) is 4.99 Å². The molecular formula is C28H27Cl2N3O4S. The molecular weight excluding hydrogens is 545 g/mol. The van der Waals surface area contributed by atoms with Crippen molar-refractivity contribution >= 4 is 63.3 Å². The van der Waals surface area contributed by atoms with E-state index in [1.165, 1.54) is 11.8 Å². The van der Waals surface area contributed by atoms with Crippen molar-refractivity contribution in [2.45, 2.75) is 25.0 Å². The van der Waals surface area contributed by atoms with E-state index in [4.69, 9.17) is 37.7 Å². The lowest BCUT2D eigenvalue weighted by atomic mass is 10.1. The second-order valence-electron chi connectivity index (χ2n) is 8.62. The Labute approximate surface area is 236 Å². The summed E-state index contributed by atoms with van der Waals surface area (Å²) in [6.07, 6.45) is 0.594. The summed E-state index contributed by atoms with van der Waals surface area (Å²) in [5.41, 5.74) is 3.05. The van der Waals surface area contributed by atoms with E-state index >= 15 is 0 Å². The van der Waals surface area contributed by atoms with Gasteiger partial charge >= 0.3 is 0 Å². The summed E-state index contributed by atoms with van der Waals surface area (Å²) in [5, 5.41) is 3.74. The Morgan fingerprint density at radius 1 is 1.08 bits per heavy atom. The van der Waals surface area contributed by atoms with Gasteiger partial charge in [0.05, 0.1) is 19.9 Å². The number of nitrogens with one attached hydrogen (secondary N) is 1. The average molecular weight is 573 g/mol. The van der Waals surface area contributed by atoms with Crippen molar-refractivity contribution in [2.24, 2.45) is 4.99 Å². The van der Waals surface area contributed by atoms with Crippen LogP contribution in [0.4, 0.5) is 11.4 Å². The quantitative estimate of drug-likeness (QED) is 0.333. The standard InChI is InChI=1S/C28H27Cl2N3O4S/c1-17-7-9-21(15-22(17)30)31-27(35)25-16-26(34)33(28(38-25)32-20-6-4-5-19(29)14-20)12-11-18-8-10-23(36-2)24(13-18)37-3/h4-10,13-15,25H,11-12,16H2,1-3H3,(H,31,35). The molecule has 38 heavy (non-hydrogen) atoms. The lowest BCUT2D eigenvalue weighted by molar-refractivity contribution is -0.129. The number of anilines is 1. The maximum absolute atomic E-state index is 13.3. The van der Waals surface area contributed by atoms with E-state index in [2.05, 4.69) is 5.32 Å². The van der Waals surface area contributed by atoms with E-state index in [1.54, 1.807) is 55.5 Å². The number of benzene rings is 3. The number of aliphatic imine (C=N–C) groups is 1. The maximum atomic E-state index is 13.3. The number of amidine groups is 1. The lowest BCUT2D eigenvalue weighted by Crippen LogP contribution is -2.46. The predicted molar refractivity (Wildman–Crippen MR) is 154 cm³/mol. The molecule has 1 fully saturated rings. The number of hydrogen-bond acceptors (Lipinski definition) is 6. The number of rotatable bonds is 8. The number of thioether (sulfide) groups is 1. The monoisotopic (exact) mass is 571 g/mol. The van der Waals surface area contributed by atoms with Crippen molar-refractivity contribution in [3.05, 3.63) is 81.8 Å². The molecule has 1 saturated heterocycles. The number of methoxy groups -OCH3 is 2. The fourth-order valence-electron chi connectivity index (χ4n) is 3.89. The Morgan fingerprint density at radius 3 is 2.58 bits per heavy atom. The second-order valence-corrected chi connectivity index (χ2v) is 10.6. The lowest BCUT2D eigenvalue weighted by Gasteiger charge is -2.32. The van der Waals surface area contributed by atoms with Crippen molar-refractivity contribution in [2.75, 3.05) is 26.1 Å². The van der Waals surface area contributed by atoms with Crippen molar-refractivity contribution in [1.82, 2.24) is 4.90 Å². The largest absolute Gasteiger partial charge is 0.493 e. The van der Waals surface area contributed by atoms with E-state index in [0.717, 1.165) is 11.1 Å². The van der Waals surface area contributed by atoms with Gasteiger partial charge in [-0.2, -0.15) is 0 Å². The van der Waals surface area contributed by atoms with Crippen molar-refractivity contribution < 1.29 is 19.1 Å². The highest BCUT2D eigenvalue weighted by Crippen LogP contribution is 2.32. The SMILES string of the molecule is COc1ccc(CCN2C(=O)CC(C(=O)Nc3ccc(C)c(Cl)c3)SC2=Nc2cccc(Cl)c2)cc1OC. The summed E-state index contributed by atoms with van der Waals surface area (Å²) in [7, 11) is 3.16. The highest BCUT2D eigenvalue weighted by Gasteiger charge is 2.36. The summed E-state index contributed by atoms with van der Waals surface area (Å²) in [6.45, 7) is 2.27. The number of carbonyl (C=O) groups is 2. The Morgan fingerprint density at radius 2 is 1.87 bits per heavy atom. The van der Waals surface area contributed by atoms with E-state index in [-0.39, 0.29) is 18.2 Å². The van der Waals surface area contributed by atoms with Crippen LogP contribution in [0.5, 0.6) is 11.5 Å². The molecule has 0 radical (unpaired) electrons. The number of amides is 2. The molecule has 1 N–H and O–H groups in total. The Kier molecular flexibility index (Phi) is 9.20. The minimum atomic E-state index is -0.655. The molecule has 1 unspecified atom stereocenters. The van der Waals surface area contributed by atoms with Gasteiger partial charge in [0, 0.05) is 28.7 Å². The maximum Gasteiger partial charge on any atom is 0.238 e.